The first-order chi connectivity index (χ1) is 19.1. The molecule has 0 saturated carbocycles. The number of ether oxygens (including phenoxy) is 1. The van der Waals surface area contributed by atoms with Crippen LogP contribution in [-0.2, 0) is 30.6 Å². The third kappa shape index (κ3) is 6.30. The largest absolute Gasteiger partial charge is 0.476 e. The Morgan fingerprint density at radius 3 is 2.15 bits per heavy atom. The number of nitrogens with one attached hydrogen (secondary N) is 2. The minimum Gasteiger partial charge on any atom is -0.476 e. The number of carbonyl (C=O) groups is 1. The molecule has 0 bridgehead atoms. The van der Waals surface area contributed by atoms with E-state index in [1.54, 1.807) is 72.8 Å². The molecule has 40 heavy (non-hydrogen) atoms. The quantitative estimate of drug-likeness (QED) is 0.280. The summed E-state index contributed by atoms with van der Waals surface area (Å²) >= 11 is 3.31. The van der Waals surface area contributed by atoms with E-state index in [2.05, 4.69) is 26.0 Å². The monoisotopic (exact) mass is 641 g/mol. The van der Waals surface area contributed by atoms with Crippen molar-refractivity contribution in [3.63, 3.8) is 0 Å². The Kier molecular flexibility index (Phi) is 7.83. The van der Waals surface area contributed by atoms with E-state index in [1.165, 1.54) is 28.6 Å². The fourth-order valence-corrected chi connectivity index (χ4v) is 7.04. The van der Waals surface area contributed by atoms with Crippen LogP contribution in [0.1, 0.15) is 5.56 Å². The molecular formula is C28H24BrN3O6S2. The molecule has 4 aromatic rings. The Morgan fingerprint density at radius 1 is 0.825 bits per heavy atom. The lowest BCUT2D eigenvalue weighted by Gasteiger charge is -2.34. The number of halogens is 1. The van der Waals surface area contributed by atoms with Crippen molar-refractivity contribution in [2.24, 2.45) is 0 Å². The highest BCUT2D eigenvalue weighted by Crippen LogP contribution is 2.36. The van der Waals surface area contributed by atoms with E-state index in [1.807, 2.05) is 6.07 Å². The number of sulfonamides is 2. The standard InChI is InChI=1S/C28H24BrN3O6S2/c29-21-10-12-23(13-11-21)31-40(36,37)24-16-14-22(15-17-24)30-28(33)27-18-32(25-8-4-5-9-26(25)38-27)39(34,35)19-20-6-2-1-3-7-20/h1-17,27,31H,18-19H2,(H,30,33). The van der Waals surface area contributed by atoms with Crippen molar-refractivity contribution in [2.45, 2.75) is 16.8 Å². The van der Waals surface area contributed by atoms with E-state index in [4.69, 9.17) is 4.74 Å². The van der Waals surface area contributed by atoms with Crippen molar-refractivity contribution in [1.29, 1.82) is 0 Å². The van der Waals surface area contributed by atoms with Gasteiger partial charge in [0.2, 0.25) is 10.0 Å². The second kappa shape index (κ2) is 11.3. The van der Waals surface area contributed by atoms with Gasteiger partial charge in [0.1, 0.15) is 5.75 Å². The number of para-hydroxylation sites is 2. The molecule has 1 amide bonds. The summed E-state index contributed by atoms with van der Waals surface area (Å²) in [5, 5.41) is 2.69. The maximum absolute atomic E-state index is 13.4. The lowest BCUT2D eigenvalue weighted by molar-refractivity contribution is -0.122. The van der Waals surface area contributed by atoms with Crippen molar-refractivity contribution in [1.82, 2.24) is 0 Å². The first-order valence-electron chi connectivity index (χ1n) is 12.1. The SMILES string of the molecule is O=C(Nc1ccc(S(=O)(=O)Nc2ccc(Br)cc2)cc1)C1CN(S(=O)(=O)Cc2ccccc2)c2ccccc2O1. The third-order valence-electron chi connectivity index (χ3n) is 6.08. The minimum absolute atomic E-state index is 0.00874. The molecule has 0 spiro atoms. The maximum Gasteiger partial charge on any atom is 0.267 e. The highest BCUT2D eigenvalue weighted by molar-refractivity contribution is 9.10. The molecule has 9 nitrogen and oxygen atoms in total. The molecule has 0 aromatic heterocycles. The van der Waals surface area contributed by atoms with Gasteiger partial charge in [0.25, 0.3) is 15.9 Å². The fraction of sp³-hybridized carbons (Fsp3) is 0.107. The molecule has 4 aromatic carbocycles. The number of carbonyl (C=O) groups excluding carboxylic acids is 1. The molecular weight excluding hydrogens is 618 g/mol. The Bertz CT molecular complexity index is 1730. The predicted molar refractivity (Wildman–Crippen MR) is 157 cm³/mol. The summed E-state index contributed by atoms with van der Waals surface area (Å²) < 4.78 is 62.7. The van der Waals surface area contributed by atoms with Crippen LogP contribution in [0, 0.1) is 0 Å². The van der Waals surface area contributed by atoms with Gasteiger partial charge in [-0.05, 0) is 66.2 Å². The highest BCUT2D eigenvalue weighted by Gasteiger charge is 2.36. The van der Waals surface area contributed by atoms with Gasteiger partial charge in [0.15, 0.2) is 6.10 Å². The smallest absolute Gasteiger partial charge is 0.267 e. The van der Waals surface area contributed by atoms with Gasteiger partial charge in [-0.15, -0.1) is 0 Å². The molecule has 2 N–H and O–H groups in total. The molecule has 1 aliphatic heterocycles. The Balaban J connectivity index is 1.31. The van der Waals surface area contributed by atoms with E-state index in [0.29, 0.717) is 22.6 Å². The molecule has 1 heterocycles. The van der Waals surface area contributed by atoms with Crippen LogP contribution in [0.3, 0.4) is 0 Å². The van der Waals surface area contributed by atoms with Crippen LogP contribution in [0.2, 0.25) is 0 Å². The topological polar surface area (TPSA) is 122 Å². The summed E-state index contributed by atoms with van der Waals surface area (Å²) in [6.07, 6.45) is -1.14. The minimum atomic E-state index is -3.85. The zero-order valence-corrected chi connectivity index (χ0v) is 24.1. The second-order valence-electron chi connectivity index (χ2n) is 8.97. The van der Waals surface area contributed by atoms with Crippen LogP contribution in [0.4, 0.5) is 17.1 Å². The highest BCUT2D eigenvalue weighted by atomic mass is 79.9. The van der Waals surface area contributed by atoms with Crippen LogP contribution in [0.15, 0.2) is 112 Å². The van der Waals surface area contributed by atoms with Crippen molar-refractivity contribution < 1.29 is 26.4 Å². The molecule has 1 aliphatic rings. The average Bonchev–Trinajstić information content (AvgIpc) is 2.94. The van der Waals surface area contributed by atoms with E-state index in [9.17, 15) is 21.6 Å². The number of nitrogens with zero attached hydrogens (tertiary/aromatic N) is 1. The molecule has 206 valence electrons. The average molecular weight is 643 g/mol. The van der Waals surface area contributed by atoms with Crippen molar-refractivity contribution in [3.8, 4) is 5.75 Å². The number of benzene rings is 4. The molecule has 12 heteroatoms. The zero-order valence-electron chi connectivity index (χ0n) is 20.9. The molecule has 1 unspecified atom stereocenters. The lowest BCUT2D eigenvalue weighted by Crippen LogP contribution is -2.49. The van der Waals surface area contributed by atoms with Crippen molar-refractivity contribution in [2.75, 3.05) is 20.9 Å². The Labute approximate surface area is 241 Å². The molecule has 0 saturated heterocycles. The molecule has 0 aliphatic carbocycles. The number of fused-ring (bicyclic) bond motifs is 1. The van der Waals surface area contributed by atoms with Gasteiger partial charge in [0, 0.05) is 15.8 Å². The number of amides is 1. The van der Waals surface area contributed by atoms with Crippen molar-refractivity contribution >= 4 is 58.9 Å². The maximum atomic E-state index is 13.4. The fourth-order valence-electron chi connectivity index (χ4n) is 4.14. The van der Waals surface area contributed by atoms with Crippen LogP contribution < -0.4 is 19.1 Å². The van der Waals surface area contributed by atoms with Crippen LogP contribution in [0.5, 0.6) is 5.75 Å². The van der Waals surface area contributed by atoms with Gasteiger partial charge < -0.3 is 10.1 Å². The second-order valence-corrected chi connectivity index (χ2v) is 13.5. The molecule has 0 fully saturated rings. The third-order valence-corrected chi connectivity index (χ3v) is 9.72. The molecule has 1 atom stereocenters. The van der Waals surface area contributed by atoms with Gasteiger partial charge in [-0.2, -0.15) is 0 Å². The number of hydrogen-bond donors (Lipinski definition) is 2. The zero-order chi connectivity index (χ0) is 28.3. The van der Waals surface area contributed by atoms with Crippen LogP contribution >= 0.6 is 15.9 Å². The number of rotatable bonds is 8. The Hall–Kier alpha value is -3.87. The summed E-state index contributed by atoms with van der Waals surface area (Å²) in [5.41, 5.74) is 1.71. The predicted octanol–water partition coefficient (Wildman–Crippen LogP) is 4.99. The molecule has 5 rings (SSSR count). The van der Waals surface area contributed by atoms with Gasteiger partial charge >= 0.3 is 0 Å². The van der Waals surface area contributed by atoms with E-state index in [0.717, 1.165) is 4.47 Å². The summed E-state index contributed by atoms with van der Waals surface area (Å²) in [4.78, 5) is 13.2. The van der Waals surface area contributed by atoms with E-state index >= 15 is 0 Å². The summed E-state index contributed by atoms with van der Waals surface area (Å²) in [6, 6.07) is 27.8. The normalized spacial score (nSPS) is 15.0. The van der Waals surface area contributed by atoms with Gasteiger partial charge in [-0.3, -0.25) is 13.8 Å². The summed E-state index contributed by atoms with van der Waals surface area (Å²) in [6.45, 7) is -0.221. The number of hydrogen-bond acceptors (Lipinski definition) is 6. The van der Waals surface area contributed by atoms with Gasteiger partial charge in [0.05, 0.1) is 22.9 Å². The summed E-state index contributed by atoms with van der Waals surface area (Å²) in [5.74, 6) is -0.537. The first-order valence-corrected chi connectivity index (χ1v) is 16.0. The van der Waals surface area contributed by atoms with E-state index in [-0.39, 0.29) is 22.9 Å². The van der Waals surface area contributed by atoms with E-state index < -0.39 is 32.1 Å². The van der Waals surface area contributed by atoms with Crippen LogP contribution in [-0.4, -0.2) is 35.4 Å². The molecule has 0 radical (unpaired) electrons. The first kappa shape index (κ1) is 27.7. The number of anilines is 3. The summed E-state index contributed by atoms with van der Waals surface area (Å²) in [7, 11) is -7.69. The Morgan fingerprint density at radius 2 is 1.45 bits per heavy atom. The van der Waals surface area contributed by atoms with Crippen molar-refractivity contribution in [3.05, 3.63) is 113 Å². The van der Waals surface area contributed by atoms with Crippen LogP contribution in [0.25, 0.3) is 0 Å². The van der Waals surface area contributed by atoms with Gasteiger partial charge in [-0.25, -0.2) is 16.8 Å². The van der Waals surface area contributed by atoms with Gasteiger partial charge in [-0.1, -0.05) is 58.4 Å². The lowest BCUT2D eigenvalue weighted by atomic mass is 10.2.